The summed E-state index contributed by atoms with van der Waals surface area (Å²) in [5.74, 6) is -0.266. The van der Waals surface area contributed by atoms with Crippen LogP contribution in [-0.4, -0.2) is 27.0 Å². The predicted octanol–water partition coefficient (Wildman–Crippen LogP) is 4.80. The monoisotopic (exact) mass is 441 g/mol. The lowest BCUT2D eigenvalue weighted by Crippen LogP contribution is -2.17. The summed E-state index contributed by atoms with van der Waals surface area (Å²) in [5, 5.41) is 2.61. The van der Waals surface area contributed by atoms with Gasteiger partial charge in [-0.1, -0.05) is 17.8 Å². The molecular weight excluding hydrogens is 414 g/mol. The van der Waals surface area contributed by atoms with Gasteiger partial charge in [0, 0.05) is 34.1 Å². The number of hydrogen-bond acceptors (Lipinski definition) is 5. The normalized spacial score (nSPS) is 11.1. The van der Waals surface area contributed by atoms with E-state index in [1.165, 1.54) is 16.6 Å². The number of nitrogens with two attached hydrogens (primary N) is 1. The van der Waals surface area contributed by atoms with Crippen LogP contribution in [0.15, 0.2) is 28.6 Å². The molecule has 0 unspecified atom stereocenters. The molecule has 0 bridgehead atoms. The van der Waals surface area contributed by atoms with Crippen molar-refractivity contribution < 1.29 is 9.59 Å². The minimum atomic E-state index is -0.509. The molecule has 2 N–H and O–H groups in total. The number of nitrogens with zero attached hydrogens (tertiary/aromatic N) is 2. The molecule has 0 saturated heterocycles. The summed E-state index contributed by atoms with van der Waals surface area (Å²) in [5.41, 5.74) is 11.4. The number of rotatable bonds is 8. The van der Waals surface area contributed by atoms with E-state index in [1.807, 2.05) is 40.7 Å². The number of carbonyl (C=O) groups is 2. The lowest BCUT2D eigenvalue weighted by molar-refractivity contribution is 0.0991. The first kappa shape index (κ1) is 22.3. The van der Waals surface area contributed by atoms with Gasteiger partial charge in [0.2, 0.25) is 0 Å². The van der Waals surface area contributed by atoms with E-state index in [2.05, 4.69) is 27.1 Å². The van der Waals surface area contributed by atoms with Crippen LogP contribution in [0.25, 0.3) is 0 Å². The van der Waals surface area contributed by atoms with E-state index >= 15 is 0 Å². The summed E-state index contributed by atoms with van der Waals surface area (Å²) >= 11 is 3.03. The minimum absolute atomic E-state index is 0.0311. The first-order valence-electron chi connectivity index (χ1n) is 9.83. The molecule has 0 aliphatic carbocycles. The maximum Gasteiger partial charge on any atom is 0.251 e. The Kier molecular flexibility index (Phi) is 6.83. The molecular formula is C23H27N3O2S2. The van der Waals surface area contributed by atoms with Gasteiger partial charge in [-0.15, -0.1) is 11.3 Å². The van der Waals surface area contributed by atoms with Crippen molar-refractivity contribution in [3.63, 3.8) is 0 Å². The first-order chi connectivity index (χ1) is 14.2. The summed E-state index contributed by atoms with van der Waals surface area (Å²) in [6.45, 7) is 10.6. The van der Waals surface area contributed by atoms with E-state index in [0.29, 0.717) is 10.6 Å². The van der Waals surface area contributed by atoms with E-state index in [1.54, 1.807) is 11.3 Å². The average Bonchev–Trinajstić information content (AvgIpc) is 3.30. The molecule has 3 aromatic heterocycles. The number of thioether (sulfide) groups is 1. The van der Waals surface area contributed by atoms with Gasteiger partial charge in [0.1, 0.15) is 5.03 Å². The molecule has 0 saturated carbocycles. The second kappa shape index (κ2) is 9.18. The molecule has 7 heteroatoms. The number of amides is 1. The molecule has 158 valence electrons. The third-order valence-electron chi connectivity index (χ3n) is 5.59. The highest BCUT2D eigenvalue weighted by Crippen LogP contribution is 2.28. The van der Waals surface area contributed by atoms with E-state index in [4.69, 9.17) is 5.73 Å². The van der Waals surface area contributed by atoms with Crippen molar-refractivity contribution >= 4 is 34.8 Å². The summed E-state index contributed by atoms with van der Waals surface area (Å²) in [6.07, 6.45) is 0.949. The van der Waals surface area contributed by atoms with E-state index in [-0.39, 0.29) is 11.5 Å². The maximum absolute atomic E-state index is 13.0. The average molecular weight is 442 g/mol. The molecule has 0 aromatic carbocycles. The molecule has 0 spiro atoms. The summed E-state index contributed by atoms with van der Waals surface area (Å²) in [4.78, 5) is 30.8. The van der Waals surface area contributed by atoms with Crippen LogP contribution in [0, 0.1) is 34.6 Å². The van der Waals surface area contributed by atoms with Crippen molar-refractivity contribution in [1.82, 2.24) is 9.55 Å². The highest BCUT2D eigenvalue weighted by atomic mass is 32.2. The largest absolute Gasteiger partial charge is 0.366 e. The van der Waals surface area contributed by atoms with Crippen molar-refractivity contribution in [2.24, 2.45) is 5.73 Å². The van der Waals surface area contributed by atoms with Gasteiger partial charge in [0.15, 0.2) is 5.78 Å². The van der Waals surface area contributed by atoms with Crippen molar-refractivity contribution in [1.29, 1.82) is 0 Å². The highest BCUT2D eigenvalue weighted by Gasteiger charge is 2.20. The number of aryl methyl sites for hydroxylation is 3. The fourth-order valence-corrected chi connectivity index (χ4v) is 5.34. The predicted molar refractivity (Wildman–Crippen MR) is 124 cm³/mol. The Morgan fingerprint density at radius 2 is 1.90 bits per heavy atom. The van der Waals surface area contributed by atoms with Crippen LogP contribution < -0.4 is 5.73 Å². The number of Topliss-reactive ketones (excluding diaryl/α,β-unsaturated/α-hetero) is 1. The zero-order valence-corrected chi connectivity index (χ0v) is 19.7. The first-order valence-corrected chi connectivity index (χ1v) is 11.7. The van der Waals surface area contributed by atoms with Crippen molar-refractivity contribution in [2.45, 2.75) is 52.6 Å². The molecule has 3 rings (SSSR count). The van der Waals surface area contributed by atoms with Crippen LogP contribution in [-0.2, 0) is 13.0 Å². The Labute approximate surface area is 185 Å². The number of carbonyl (C=O) groups excluding carboxylic acids is 2. The third-order valence-corrected chi connectivity index (χ3v) is 7.50. The number of hydrogen-bond donors (Lipinski definition) is 1. The standard InChI is InChI=1S/C23H27N3O2S2/c1-13-11-19(17(5)26(13)9-8-18-7-6-10-29-18)20(27)12-30-23-21(22(24)28)15(3)14(2)16(4)25-23/h6-7,10-11H,8-9,12H2,1-5H3,(H2,24,28). The van der Waals surface area contributed by atoms with Crippen LogP contribution in [0.1, 0.15) is 53.8 Å². The fourth-order valence-electron chi connectivity index (χ4n) is 3.62. The zero-order chi connectivity index (χ0) is 22.0. The number of pyridine rings is 1. The Balaban J connectivity index is 1.77. The van der Waals surface area contributed by atoms with Crippen LogP contribution in [0.3, 0.4) is 0 Å². The van der Waals surface area contributed by atoms with Crippen molar-refractivity contribution in [3.8, 4) is 0 Å². The summed E-state index contributed by atoms with van der Waals surface area (Å²) in [7, 11) is 0. The van der Waals surface area contributed by atoms with Crippen molar-refractivity contribution in [3.05, 3.63) is 67.8 Å². The van der Waals surface area contributed by atoms with Gasteiger partial charge in [-0.25, -0.2) is 4.98 Å². The Morgan fingerprint density at radius 3 is 2.53 bits per heavy atom. The molecule has 1 amide bonds. The van der Waals surface area contributed by atoms with Gasteiger partial charge in [-0.2, -0.15) is 0 Å². The van der Waals surface area contributed by atoms with Gasteiger partial charge in [-0.05, 0) is 69.7 Å². The smallest absolute Gasteiger partial charge is 0.251 e. The van der Waals surface area contributed by atoms with Crippen LogP contribution in [0.5, 0.6) is 0 Å². The quantitative estimate of drug-likeness (QED) is 0.402. The topological polar surface area (TPSA) is 78.0 Å². The number of aromatic nitrogens is 2. The second-order valence-corrected chi connectivity index (χ2v) is 9.47. The summed E-state index contributed by atoms with van der Waals surface area (Å²) < 4.78 is 2.20. The summed E-state index contributed by atoms with van der Waals surface area (Å²) in [6, 6.07) is 6.15. The molecule has 0 atom stereocenters. The maximum atomic E-state index is 13.0. The Hall–Kier alpha value is -2.38. The van der Waals surface area contributed by atoms with Gasteiger partial charge < -0.3 is 10.3 Å². The Bertz CT molecular complexity index is 1100. The van der Waals surface area contributed by atoms with Gasteiger partial charge >= 0.3 is 0 Å². The SMILES string of the molecule is Cc1nc(SCC(=O)c2cc(C)n(CCc3cccs3)c2C)c(C(N)=O)c(C)c1C. The lowest BCUT2D eigenvalue weighted by atomic mass is 10.0. The van der Waals surface area contributed by atoms with E-state index in [9.17, 15) is 9.59 Å². The number of primary amides is 1. The molecule has 3 heterocycles. The molecule has 0 aliphatic heterocycles. The second-order valence-electron chi connectivity index (χ2n) is 7.47. The zero-order valence-electron chi connectivity index (χ0n) is 18.0. The van der Waals surface area contributed by atoms with Crippen LogP contribution >= 0.6 is 23.1 Å². The Morgan fingerprint density at radius 1 is 1.17 bits per heavy atom. The highest BCUT2D eigenvalue weighted by molar-refractivity contribution is 8.00. The van der Waals surface area contributed by atoms with E-state index in [0.717, 1.165) is 46.7 Å². The van der Waals surface area contributed by atoms with Crippen LogP contribution in [0.4, 0.5) is 0 Å². The molecule has 3 aromatic rings. The number of thiophene rings is 1. The third kappa shape index (κ3) is 4.52. The van der Waals surface area contributed by atoms with Gasteiger partial charge in [-0.3, -0.25) is 9.59 Å². The lowest BCUT2D eigenvalue weighted by Gasteiger charge is -2.13. The molecule has 0 aliphatic rings. The van der Waals surface area contributed by atoms with Crippen molar-refractivity contribution in [2.75, 3.05) is 5.75 Å². The molecule has 30 heavy (non-hydrogen) atoms. The van der Waals surface area contributed by atoms with Crippen LogP contribution in [0.2, 0.25) is 0 Å². The number of ketones is 1. The molecule has 0 fully saturated rings. The molecule has 5 nitrogen and oxygen atoms in total. The van der Waals surface area contributed by atoms with Gasteiger partial charge in [0.05, 0.1) is 11.3 Å². The molecule has 0 radical (unpaired) electrons. The van der Waals surface area contributed by atoms with Gasteiger partial charge in [0.25, 0.3) is 5.91 Å². The van der Waals surface area contributed by atoms with E-state index < -0.39 is 5.91 Å². The minimum Gasteiger partial charge on any atom is -0.366 e. The fraction of sp³-hybridized carbons (Fsp3) is 0.348.